The Morgan fingerprint density at radius 1 is 0.537 bits per heavy atom. The molecular formula is C37H28N2O2. The third-order valence-corrected chi connectivity index (χ3v) is 9.31. The van der Waals surface area contributed by atoms with E-state index in [1.165, 1.54) is 22.3 Å². The summed E-state index contributed by atoms with van der Waals surface area (Å²) in [5.74, 6) is -0.300. The Hall–Kier alpha value is -4.96. The van der Waals surface area contributed by atoms with Crippen molar-refractivity contribution in [2.45, 2.75) is 19.3 Å². The molecule has 2 amide bonds. The highest BCUT2D eigenvalue weighted by molar-refractivity contribution is 6.31. The molecule has 5 aromatic carbocycles. The van der Waals surface area contributed by atoms with E-state index in [1.807, 2.05) is 24.3 Å². The maximum atomic E-state index is 14.0. The van der Waals surface area contributed by atoms with Crippen LogP contribution in [0.5, 0.6) is 0 Å². The predicted octanol–water partition coefficient (Wildman–Crippen LogP) is 7.37. The van der Waals surface area contributed by atoms with E-state index in [4.69, 9.17) is 0 Å². The number of carbonyl (C=O) groups excluding carboxylic acids is 2. The highest BCUT2D eigenvalue weighted by atomic mass is 16.2. The molecule has 0 saturated carbocycles. The van der Waals surface area contributed by atoms with Crippen LogP contribution in [0.2, 0.25) is 0 Å². The number of fused-ring (bicyclic) bond motifs is 7. The first-order valence-corrected chi connectivity index (χ1v) is 14.0. The van der Waals surface area contributed by atoms with Crippen LogP contribution in [0.15, 0.2) is 108 Å². The van der Waals surface area contributed by atoms with Gasteiger partial charge in [0.1, 0.15) is 0 Å². The summed E-state index contributed by atoms with van der Waals surface area (Å²) in [4.78, 5) is 31.4. The molecule has 198 valence electrons. The van der Waals surface area contributed by atoms with Crippen LogP contribution >= 0.6 is 0 Å². The molecule has 0 radical (unpaired) electrons. The minimum atomic E-state index is -0.182. The van der Waals surface area contributed by atoms with Gasteiger partial charge in [-0.15, -0.1) is 0 Å². The molecule has 0 N–H and O–H groups in total. The summed E-state index contributed by atoms with van der Waals surface area (Å²) in [6.07, 6.45) is 0. The third kappa shape index (κ3) is 2.99. The fourth-order valence-corrected chi connectivity index (χ4v) is 7.28. The average Bonchev–Trinajstić information content (AvgIpc) is 3.50. The molecule has 3 aliphatic rings. The van der Waals surface area contributed by atoms with Crippen molar-refractivity contribution < 1.29 is 9.59 Å². The molecule has 0 unspecified atom stereocenters. The van der Waals surface area contributed by atoms with Gasteiger partial charge in [0.15, 0.2) is 0 Å². The highest BCUT2D eigenvalue weighted by Gasteiger charge is 2.47. The van der Waals surface area contributed by atoms with E-state index in [2.05, 4.69) is 86.6 Å². The van der Waals surface area contributed by atoms with Crippen molar-refractivity contribution in [1.29, 1.82) is 0 Å². The number of likely N-dealkylation sites (N-methyl/N-ethyl adjacent to an activating group) is 2. The first-order valence-electron chi connectivity index (χ1n) is 14.0. The standard InChI is InChI=1S/C37H28N2O2/c1-37(2)29-16-10-9-15-26(29)27-18-17-22(20-30(27)37)33-31-32(36(41)38(33)3)34(39(4)35(31)40)28-19-21-11-5-6-12-23(21)24-13-7-8-14-25(24)28/h5-20H,1-4H3. The zero-order valence-corrected chi connectivity index (χ0v) is 23.4. The monoisotopic (exact) mass is 532 g/mol. The second kappa shape index (κ2) is 8.05. The van der Waals surface area contributed by atoms with Crippen LogP contribution in [-0.2, 0) is 15.0 Å². The number of hydrogen-bond acceptors (Lipinski definition) is 2. The Kier molecular flexibility index (Phi) is 4.69. The summed E-state index contributed by atoms with van der Waals surface area (Å²) in [5.41, 5.74) is 8.88. The Morgan fingerprint density at radius 2 is 1.12 bits per heavy atom. The van der Waals surface area contributed by atoms with Gasteiger partial charge in [0.25, 0.3) is 11.8 Å². The number of hydrogen-bond donors (Lipinski definition) is 0. The molecule has 2 aliphatic heterocycles. The summed E-state index contributed by atoms with van der Waals surface area (Å²) in [6, 6.07) is 33.5. The average molecular weight is 533 g/mol. The van der Waals surface area contributed by atoms with Crippen LogP contribution < -0.4 is 0 Å². The van der Waals surface area contributed by atoms with Gasteiger partial charge in [-0.3, -0.25) is 9.59 Å². The molecule has 0 saturated heterocycles. The SMILES string of the molecule is CN1C(=O)C2=C(c3cc4ccccc4c4ccccc34)N(C)C(=O)C2=C1c1ccc2c(c1)C(C)(C)c1ccccc1-2. The van der Waals surface area contributed by atoms with Crippen molar-refractivity contribution in [3.05, 3.63) is 130 Å². The molecular weight excluding hydrogens is 504 g/mol. The van der Waals surface area contributed by atoms with E-state index in [0.29, 0.717) is 22.5 Å². The number of amides is 2. The number of benzene rings is 5. The largest absolute Gasteiger partial charge is 0.310 e. The first-order chi connectivity index (χ1) is 19.8. The third-order valence-electron chi connectivity index (χ3n) is 9.31. The van der Waals surface area contributed by atoms with Gasteiger partial charge in [-0.1, -0.05) is 98.8 Å². The van der Waals surface area contributed by atoms with Crippen molar-refractivity contribution in [3.63, 3.8) is 0 Å². The van der Waals surface area contributed by atoms with Crippen LogP contribution in [0.25, 0.3) is 44.1 Å². The summed E-state index contributed by atoms with van der Waals surface area (Å²) in [5, 5.41) is 4.35. The fourth-order valence-electron chi connectivity index (χ4n) is 7.28. The van der Waals surface area contributed by atoms with Crippen LogP contribution in [0, 0.1) is 0 Å². The predicted molar refractivity (Wildman–Crippen MR) is 165 cm³/mol. The minimum absolute atomic E-state index is 0.150. The second-order valence-corrected chi connectivity index (χ2v) is 11.8. The van der Waals surface area contributed by atoms with Gasteiger partial charge in [0.2, 0.25) is 0 Å². The zero-order chi connectivity index (χ0) is 28.2. The van der Waals surface area contributed by atoms with Crippen molar-refractivity contribution >= 4 is 44.8 Å². The second-order valence-electron chi connectivity index (χ2n) is 11.8. The Morgan fingerprint density at radius 3 is 1.90 bits per heavy atom. The Balaban J connectivity index is 1.39. The fraction of sp³-hybridized carbons (Fsp3) is 0.135. The van der Waals surface area contributed by atoms with Crippen LogP contribution in [-0.4, -0.2) is 35.7 Å². The van der Waals surface area contributed by atoms with Crippen molar-refractivity contribution in [2.24, 2.45) is 0 Å². The first kappa shape index (κ1) is 23.9. The zero-order valence-electron chi connectivity index (χ0n) is 23.4. The maximum Gasteiger partial charge on any atom is 0.261 e. The summed E-state index contributed by atoms with van der Waals surface area (Å²) in [7, 11) is 3.57. The van der Waals surface area contributed by atoms with Crippen LogP contribution in [0.4, 0.5) is 0 Å². The van der Waals surface area contributed by atoms with Crippen molar-refractivity contribution in [1.82, 2.24) is 9.80 Å². The van der Waals surface area contributed by atoms with Crippen LogP contribution in [0.1, 0.15) is 36.1 Å². The van der Waals surface area contributed by atoms with E-state index in [1.54, 1.807) is 23.9 Å². The number of nitrogens with zero attached hydrogens (tertiary/aromatic N) is 2. The number of rotatable bonds is 2. The topological polar surface area (TPSA) is 40.6 Å². The van der Waals surface area contributed by atoms with E-state index >= 15 is 0 Å². The van der Waals surface area contributed by atoms with Gasteiger partial charge in [-0.2, -0.15) is 0 Å². The Bertz CT molecular complexity index is 2100. The summed E-state index contributed by atoms with van der Waals surface area (Å²) < 4.78 is 0. The van der Waals surface area contributed by atoms with E-state index in [0.717, 1.165) is 32.7 Å². The molecule has 41 heavy (non-hydrogen) atoms. The summed E-state index contributed by atoms with van der Waals surface area (Å²) >= 11 is 0. The molecule has 0 bridgehead atoms. The van der Waals surface area contributed by atoms with Gasteiger partial charge in [0.05, 0.1) is 22.5 Å². The highest BCUT2D eigenvalue weighted by Crippen LogP contribution is 2.51. The molecule has 2 heterocycles. The molecule has 8 rings (SSSR count). The van der Waals surface area contributed by atoms with Gasteiger partial charge >= 0.3 is 0 Å². The summed E-state index contributed by atoms with van der Waals surface area (Å²) in [6.45, 7) is 4.48. The van der Waals surface area contributed by atoms with E-state index in [9.17, 15) is 9.59 Å². The van der Waals surface area contributed by atoms with Gasteiger partial charge in [-0.25, -0.2) is 0 Å². The molecule has 4 heteroatoms. The van der Waals surface area contributed by atoms with E-state index in [-0.39, 0.29) is 17.2 Å². The number of carbonyl (C=O) groups is 2. The van der Waals surface area contributed by atoms with Crippen molar-refractivity contribution in [3.8, 4) is 11.1 Å². The molecule has 0 atom stereocenters. The smallest absolute Gasteiger partial charge is 0.261 e. The molecule has 0 spiro atoms. The molecule has 5 aromatic rings. The molecule has 0 aromatic heterocycles. The van der Waals surface area contributed by atoms with Gasteiger partial charge in [0, 0.05) is 25.1 Å². The molecule has 1 aliphatic carbocycles. The van der Waals surface area contributed by atoms with Gasteiger partial charge < -0.3 is 9.80 Å². The lowest BCUT2D eigenvalue weighted by Gasteiger charge is -2.24. The Labute approximate surface area is 238 Å². The molecule has 4 nitrogen and oxygen atoms in total. The normalized spacial score (nSPS) is 17.3. The maximum absolute atomic E-state index is 14.0. The molecule has 0 fully saturated rings. The lowest BCUT2D eigenvalue weighted by Crippen LogP contribution is -2.25. The van der Waals surface area contributed by atoms with Crippen LogP contribution in [0.3, 0.4) is 0 Å². The quantitative estimate of drug-likeness (QED) is 0.223. The lowest BCUT2D eigenvalue weighted by atomic mass is 9.81. The lowest BCUT2D eigenvalue weighted by molar-refractivity contribution is -0.123. The minimum Gasteiger partial charge on any atom is -0.310 e. The van der Waals surface area contributed by atoms with E-state index < -0.39 is 0 Å². The van der Waals surface area contributed by atoms with Crippen molar-refractivity contribution in [2.75, 3.05) is 14.1 Å². The van der Waals surface area contributed by atoms with Gasteiger partial charge in [-0.05, 0) is 61.5 Å².